The van der Waals surface area contributed by atoms with Gasteiger partial charge in [0.25, 0.3) is 5.91 Å². The van der Waals surface area contributed by atoms with E-state index in [-0.39, 0.29) is 17.3 Å². The first-order chi connectivity index (χ1) is 11.1. The maximum atomic E-state index is 12.6. The molecule has 0 bridgehead atoms. The molecule has 23 heavy (non-hydrogen) atoms. The van der Waals surface area contributed by atoms with Gasteiger partial charge in [-0.05, 0) is 34.8 Å². The number of ketones is 1. The zero-order valence-electron chi connectivity index (χ0n) is 11.6. The lowest BCUT2D eigenvalue weighted by atomic mass is 9.99. The normalized spacial score (nSPS) is 21.3. The largest absolute Gasteiger partial charge is 0.503 e. The topological polar surface area (TPSA) is 83.4 Å². The number of rotatable bonds is 4. The lowest BCUT2D eigenvalue weighted by Gasteiger charge is -2.22. The molecule has 6 nitrogen and oxygen atoms in total. The number of halogens is 1. The first kappa shape index (κ1) is 15.0. The molecule has 2 aromatic heterocycles. The van der Waals surface area contributed by atoms with Crippen molar-refractivity contribution in [1.29, 1.82) is 0 Å². The van der Waals surface area contributed by atoms with Crippen molar-refractivity contribution in [2.24, 2.45) is 5.92 Å². The third kappa shape index (κ3) is 2.43. The Kier molecular flexibility index (Phi) is 3.58. The molecular weight excluding hydrogens is 402 g/mol. The fraction of sp³-hybridized carbons (Fsp3) is 0.286. The Morgan fingerprint density at radius 3 is 2.74 bits per heavy atom. The monoisotopic (exact) mass is 411 g/mol. The lowest BCUT2D eigenvalue weighted by Crippen LogP contribution is -2.30. The van der Waals surface area contributed by atoms with Crippen molar-refractivity contribution >= 4 is 55.4 Å². The number of carbonyl (C=O) groups excluding carboxylic acids is 2. The minimum absolute atomic E-state index is 0.0831. The summed E-state index contributed by atoms with van der Waals surface area (Å²) in [4.78, 5) is 27.3. The SMILES string of the molecule is O=C(C1=C(O)C(=O)N(c2nncs2)C1c1cc(Br)cs1)C1CC1. The summed E-state index contributed by atoms with van der Waals surface area (Å²) in [7, 11) is 0. The van der Waals surface area contributed by atoms with Crippen LogP contribution in [-0.2, 0) is 9.59 Å². The van der Waals surface area contributed by atoms with E-state index in [9.17, 15) is 14.7 Å². The number of carbonyl (C=O) groups is 2. The quantitative estimate of drug-likeness (QED) is 0.834. The highest BCUT2D eigenvalue weighted by atomic mass is 79.9. The van der Waals surface area contributed by atoms with Crippen molar-refractivity contribution in [1.82, 2.24) is 10.2 Å². The third-order valence-electron chi connectivity index (χ3n) is 3.83. The van der Waals surface area contributed by atoms with E-state index in [4.69, 9.17) is 0 Å². The van der Waals surface area contributed by atoms with Gasteiger partial charge in [-0.25, -0.2) is 0 Å². The van der Waals surface area contributed by atoms with Gasteiger partial charge in [-0.3, -0.25) is 14.5 Å². The van der Waals surface area contributed by atoms with Gasteiger partial charge in [0.15, 0.2) is 11.5 Å². The molecule has 1 aliphatic heterocycles. The van der Waals surface area contributed by atoms with Gasteiger partial charge in [-0.2, -0.15) is 0 Å². The van der Waals surface area contributed by atoms with E-state index in [0.717, 1.165) is 22.2 Å². The molecule has 118 valence electrons. The second-order valence-corrected chi connectivity index (χ2v) is 8.04. The molecule has 4 rings (SSSR count). The van der Waals surface area contributed by atoms with Gasteiger partial charge in [-0.1, -0.05) is 11.3 Å². The summed E-state index contributed by atoms with van der Waals surface area (Å²) in [5, 5.41) is 20.3. The molecule has 2 aromatic rings. The van der Waals surface area contributed by atoms with Crippen LogP contribution in [-0.4, -0.2) is 27.0 Å². The van der Waals surface area contributed by atoms with Crippen molar-refractivity contribution in [2.75, 3.05) is 4.90 Å². The van der Waals surface area contributed by atoms with E-state index >= 15 is 0 Å². The smallest absolute Gasteiger partial charge is 0.296 e. The van der Waals surface area contributed by atoms with E-state index in [1.165, 1.54) is 33.1 Å². The molecule has 1 aliphatic carbocycles. The minimum atomic E-state index is -0.639. The Balaban J connectivity index is 1.85. The first-order valence-corrected chi connectivity index (χ1v) is 9.44. The van der Waals surface area contributed by atoms with E-state index in [1.807, 2.05) is 11.4 Å². The van der Waals surface area contributed by atoms with Crippen LogP contribution < -0.4 is 4.90 Å². The highest BCUT2D eigenvalue weighted by Crippen LogP contribution is 2.46. The molecular formula is C14H10BrN3O3S2. The number of aliphatic hydroxyl groups is 1. The average Bonchev–Trinajstić information content (AvgIpc) is 2.96. The van der Waals surface area contributed by atoms with E-state index in [2.05, 4.69) is 26.1 Å². The molecule has 0 aromatic carbocycles. The van der Waals surface area contributed by atoms with Crippen LogP contribution in [0.25, 0.3) is 0 Å². The number of aliphatic hydroxyl groups excluding tert-OH is 1. The predicted octanol–water partition coefficient (Wildman–Crippen LogP) is 3.24. The molecule has 2 aliphatic rings. The second-order valence-electron chi connectivity index (χ2n) is 5.37. The van der Waals surface area contributed by atoms with Crippen molar-refractivity contribution in [3.8, 4) is 0 Å². The van der Waals surface area contributed by atoms with Gasteiger partial charge < -0.3 is 5.11 Å². The van der Waals surface area contributed by atoms with Crippen molar-refractivity contribution in [2.45, 2.75) is 18.9 Å². The molecule has 1 atom stereocenters. The average molecular weight is 412 g/mol. The van der Waals surface area contributed by atoms with Crippen molar-refractivity contribution < 1.29 is 14.7 Å². The highest BCUT2D eigenvalue weighted by molar-refractivity contribution is 9.10. The van der Waals surface area contributed by atoms with E-state index in [0.29, 0.717) is 5.13 Å². The maximum Gasteiger partial charge on any atom is 0.296 e. The second kappa shape index (κ2) is 5.50. The molecule has 9 heteroatoms. The van der Waals surface area contributed by atoms with Crippen molar-refractivity contribution in [3.05, 3.63) is 37.6 Å². The van der Waals surface area contributed by atoms with Gasteiger partial charge in [0.2, 0.25) is 5.13 Å². The van der Waals surface area contributed by atoms with Gasteiger partial charge in [0.1, 0.15) is 11.6 Å². The molecule has 1 unspecified atom stereocenters. The number of thiophene rings is 1. The number of Topliss-reactive ketones (excluding diaryl/α,β-unsaturated/α-hetero) is 1. The molecule has 1 fully saturated rings. The maximum absolute atomic E-state index is 12.6. The Morgan fingerprint density at radius 2 is 2.17 bits per heavy atom. The summed E-state index contributed by atoms with van der Waals surface area (Å²) in [6.45, 7) is 0. The zero-order valence-corrected chi connectivity index (χ0v) is 14.8. The molecule has 1 amide bonds. The summed E-state index contributed by atoms with van der Waals surface area (Å²) in [5.41, 5.74) is 1.70. The molecule has 0 spiro atoms. The van der Waals surface area contributed by atoms with Gasteiger partial charge in [-0.15, -0.1) is 21.5 Å². The van der Waals surface area contributed by atoms with Crippen LogP contribution in [0.3, 0.4) is 0 Å². The molecule has 0 radical (unpaired) electrons. The summed E-state index contributed by atoms with van der Waals surface area (Å²) >= 11 is 6.01. The fourth-order valence-electron chi connectivity index (χ4n) is 2.63. The van der Waals surface area contributed by atoms with Crippen LogP contribution in [0.5, 0.6) is 0 Å². The van der Waals surface area contributed by atoms with Crippen LogP contribution in [0.15, 0.2) is 32.8 Å². The predicted molar refractivity (Wildman–Crippen MR) is 89.5 cm³/mol. The fourth-order valence-corrected chi connectivity index (χ4v) is 4.76. The Hall–Kier alpha value is -1.58. The number of hydrogen-bond donors (Lipinski definition) is 1. The van der Waals surface area contributed by atoms with Crippen LogP contribution >= 0.6 is 38.6 Å². The molecule has 1 N–H and O–H groups in total. The highest BCUT2D eigenvalue weighted by Gasteiger charge is 2.49. The molecule has 1 saturated carbocycles. The standard InChI is InChI=1S/C14H10BrN3O3S2/c15-7-3-8(22-4-7)10-9(11(19)6-1-2-6)12(20)13(21)18(10)14-17-16-5-23-14/h3-6,10,20H,1-2H2. The summed E-state index contributed by atoms with van der Waals surface area (Å²) in [6, 6.07) is 1.22. The summed E-state index contributed by atoms with van der Waals surface area (Å²) < 4.78 is 0.867. The number of aromatic nitrogens is 2. The minimum Gasteiger partial charge on any atom is -0.503 e. The van der Waals surface area contributed by atoms with Crippen LogP contribution in [0.4, 0.5) is 5.13 Å². The summed E-state index contributed by atoms with van der Waals surface area (Å²) in [5.74, 6) is -1.29. The number of amides is 1. The van der Waals surface area contributed by atoms with Crippen LogP contribution in [0.1, 0.15) is 23.8 Å². The van der Waals surface area contributed by atoms with E-state index in [1.54, 1.807) is 0 Å². The van der Waals surface area contributed by atoms with E-state index < -0.39 is 17.7 Å². The Morgan fingerprint density at radius 1 is 1.39 bits per heavy atom. The Bertz CT molecular complexity index is 826. The zero-order chi connectivity index (χ0) is 16.1. The summed E-state index contributed by atoms with van der Waals surface area (Å²) in [6.07, 6.45) is 1.62. The number of hydrogen-bond acceptors (Lipinski definition) is 7. The van der Waals surface area contributed by atoms with Crippen LogP contribution in [0.2, 0.25) is 0 Å². The molecule has 0 saturated heterocycles. The van der Waals surface area contributed by atoms with Crippen molar-refractivity contribution in [3.63, 3.8) is 0 Å². The van der Waals surface area contributed by atoms with Gasteiger partial charge in [0.05, 0.1) is 5.57 Å². The number of nitrogens with zero attached hydrogens (tertiary/aromatic N) is 3. The third-order valence-corrected chi connectivity index (χ3v) is 6.27. The lowest BCUT2D eigenvalue weighted by molar-refractivity contribution is -0.118. The first-order valence-electron chi connectivity index (χ1n) is 6.89. The van der Waals surface area contributed by atoms with Gasteiger partial charge in [0, 0.05) is 20.6 Å². The number of anilines is 1. The molecule has 3 heterocycles. The Labute approximate surface area is 147 Å². The van der Waals surface area contributed by atoms with Gasteiger partial charge >= 0.3 is 0 Å². The van der Waals surface area contributed by atoms with Crippen LogP contribution in [0, 0.1) is 5.92 Å².